The van der Waals surface area contributed by atoms with Crippen molar-refractivity contribution in [3.8, 4) is 0 Å². The molecule has 7 heteroatoms. The Hall–Kier alpha value is -1.79. The zero-order valence-corrected chi connectivity index (χ0v) is 17.3. The van der Waals surface area contributed by atoms with Crippen LogP contribution >= 0.6 is 0 Å². The third kappa shape index (κ3) is 6.18. The van der Waals surface area contributed by atoms with E-state index in [1.165, 1.54) is 0 Å². The Morgan fingerprint density at radius 3 is 2.23 bits per heavy atom. The molecule has 7 nitrogen and oxygen atoms in total. The molecule has 0 spiro atoms. The second kappa shape index (κ2) is 10.4. The van der Waals surface area contributed by atoms with Gasteiger partial charge in [-0.1, -0.05) is 13.8 Å². The summed E-state index contributed by atoms with van der Waals surface area (Å²) in [6, 6.07) is 0.287. The minimum absolute atomic E-state index is 0.00586. The van der Waals surface area contributed by atoms with Gasteiger partial charge in [-0.25, -0.2) is 0 Å². The normalized spacial score (nSPS) is 16.6. The molecule has 1 saturated heterocycles. The van der Waals surface area contributed by atoms with Gasteiger partial charge in [0.15, 0.2) is 5.96 Å². The molecule has 26 heavy (non-hydrogen) atoms. The Labute approximate surface area is 158 Å². The van der Waals surface area contributed by atoms with Gasteiger partial charge in [0, 0.05) is 45.7 Å². The number of hydrogen-bond donors (Lipinski definition) is 3. The molecule has 0 aromatic heterocycles. The molecule has 1 fully saturated rings. The summed E-state index contributed by atoms with van der Waals surface area (Å²) in [5.74, 6) is 1.14. The van der Waals surface area contributed by atoms with Crippen molar-refractivity contribution in [2.24, 2.45) is 16.3 Å². The molecule has 0 aromatic rings. The molecule has 0 saturated carbocycles. The van der Waals surface area contributed by atoms with Crippen molar-refractivity contribution in [2.45, 2.75) is 59.4 Å². The lowest BCUT2D eigenvalue weighted by Gasteiger charge is -2.35. The van der Waals surface area contributed by atoms with Crippen molar-refractivity contribution in [1.29, 1.82) is 0 Å². The monoisotopic (exact) mass is 367 g/mol. The Kier molecular flexibility index (Phi) is 8.88. The Morgan fingerprint density at radius 2 is 1.77 bits per heavy atom. The van der Waals surface area contributed by atoms with Crippen LogP contribution in [0.3, 0.4) is 0 Å². The van der Waals surface area contributed by atoms with Gasteiger partial charge in [-0.2, -0.15) is 0 Å². The summed E-state index contributed by atoms with van der Waals surface area (Å²) in [7, 11) is 3.38. The summed E-state index contributed by atoms with van der Waals surface area (Å²) in [6.07, 6.45) is 3.63. The molecule has 0 atom stereocenters. The smallest absolute Gasteiger partial charge is 0.227 e. The first-order valence-corrected chi connectivity index (χ1v) is 9.77. The largest absolute Gasteiger partial charge is 0.359 e. The summed E-state index contributed by atoms with van der Waals surface area (Å²) in [4.78, 5) is 30.6. The number of nitrogens with zero attached hydrogens (tertiary/aromatic N) is 2. The number of nitrogens with one attached hydrogen (secondary N) is 3. The molecule has 0 unspecified atom stereocenters. The van der Waals surface area contributed by atoms with E-state index in [1.54, 1.807) is 14.1 Å². The zero-order chi connectivity index (χ0) is 19.7. The van der Waals surface area contributed by atoms with Gasteiger partial charge in [-0.05, 0) is 39.5 Å². The molecular formula is C19H37N5O2. The Balaban J connectivity index is 2.47. The van der Waals surface area contributed by atoms with Crippen molar-refractivity contribution in [2.75, 3.05) is 33.7 Å². The third-order valence-corrected chi connectivity index (χ3v) is 5.25. The third-order valence-electron chi connectivity index (χ3n) is 5.25. The van der Waals surface area contributed by atoms with E-state index in [2.05, 4.69) is 34.8 Å². The molecule has 1 aliphatic heterocycles. The van der Waals surface area contributed by atoms with Crippen LogP contribution in [-0.4, -0.2) is 62.4 Å². The number of piperidine rings is 1. The molecule has 1 rings (SSSR count). The SMILES string of the molecule is CCC(CC)C(=O)N1CCC(NC(=NC)NCC(C)(C)C(=O)NC)CC1. The van der Waals surface area contributed by atoms with Crippen molar-refractivity contribution in [3.05, 3.63) is 0 Å². The van der Waals surface area contributed by atoms with Gasteiger partial charge >= 0.3 is 0 Å². The zero-order valence-electron chi connectivity index (χ0n) is 17.3. The highest BCUT2D eigenvalue weighted by Crippen LogP contribution is 2.17. The van der Waals surface area contributed by atoms with Crippen LogP contribution in [0.2, 0.25) is 0 Å². The Morgan fingerprint density at radius 1 is 1.19 bits per heavy atom. The molecule has 0 bridgehead atoms. The van der Waals surface area contributed by atoms with Crippen LogP contribution < -0.4 is 16.0 Å². The number of hydrogen-bond acceptors (Lipinski definition) is 3. The van der Waals surface area contributed by atoms with Gasteiger partial charge in [0.1, 0.15) is 0 Å². The molecule has 0 aromatic carbocycles. The van der Waals surface area contributed by atoms with Crippen LogP contribution in [0, 0.1) is 11.3 Å². The van der Waals surface area contributed by atoms with Gasteiger partial charge in [0.2, 0.25) is 11.8 Å². The van der Waals surface area contributed by atoms with E-state index < -0.39 is 5.41 Å². The Bertz CT molecular complexity index is 492. The summed E-state index contributed by atoms with van der Waals surface area (Å²) >= 11 is 0. The van der Waals surface area contributed by atoms with E-state index in [-0.39, 0.29) is 17.9 Å². The number of carbonyl (C=O) groups is 2. The molecule has 0 aliphatic carbocycles. The molecule has 150 valence electrons. The fourth-order valence-electron chi connectivity index (χ4n) is 3.25. The van der Waals surface area contributed by atoms with Gasteiger partial charge < -0.3 is 20.9 Å². The summed E-state index contributed by atoms with van der Waals surface area (Å²) < 4.78 is 0. The second-order valence-electron chi connectivity index (χ2n) is 7.65. The van der Waals surface area contributed by atoms with E-state index in [0.29, 0.717) is 18.4 Å². The number of rotatable bonds is 7. The van der Waals surface area contributed by atoms with Crippen LogP contribution in [-0.2, 0) is 9.59 Å². The number of likely N-dealkylation sites (tertiary alicyclic amines) is 1. The molecule has 2 amide bonds. The first-order chi connectivity index (χ1) is 12.3. The van der Waals surface area contributed by atoms with Gasteiger partial charge in [-0.15, -0.1) is 0 Å². The highest BCUT2D eigenvalue weighted by molar-refractivity contribution is 5.84. The number of amides is 2. The number of carbonyl (C=O) groups excluding carboxylic acids is 2. The fourth-order valence-corrected chi connectivity index (χ4v) is 3.25. The van der Waals surface area contributed by atoms with Crippen LogP contribution in [0.5, 0.6) is 0 Å². The van der Waals surface area contributed by atoms with E-state index in [0.717, 1.165) is 38.8 Å². The highest BCUT2D eigenvalue weighted by Gasteiger charge is 2.29. The second-order valence-corrected chi connectivity index (χ2v) is 7.65. The number of guanidine groups is 1. The molecule has 1 aliphatic rings. The minimum Gasteiger partial charge on any atom is -0.359 e. The average Bonchev–Trinajstić information content (AvgIpc) is 2.65. The van der Waals surface area contributed by atoms with E-state index >= 15 is 0 Å². The maximum Gasteiger partial charge on any atom is 0.227 e. The molecule has 1 heterocycles. The van der Waals surface area contributed by atoms with Crippen LogP contribution in [0.1, 0.15) is 53.4 Å². The van der Waals surface area contributed by atoms with E-state index in [4.69, 9.17) is 0 Å². The predicted octanol–water partition coefficient (Wildman–Crippen LogP) is 1.35. The first kappa shape index (κ1) is 22.3. The minimum atomic E-state index is -0.516. The van der Waals surface area contributed by atoms with E-state index in [9.17, 15) is 9.59 Å². The topological polar surface area (TPSA) is 85.8 Å². The van der Waals surface area contributed by atoms with E-state index in [1.807, 2.05) is 18.7 Å². The summed E-state index contributed by atoms with van der Waals surface area (Å²) in [5, 5.41) is 9.35. The number of aliphatic imine (C=N–C) groups is 1. The van der Waals surface area contributed by atoms with Gasteiger partial charge in [-0.3, -0.25) is 14.6 Å². The van der Waals surface area contributed by atoms with Crippen LogP contribution in [0.4, 0.5) is 0 Å². The standard InChI is InChI=1S/C19H37N5O2/c1-7-14(8-2)16(25)24-11-9-15(10-12-24)23-18(21-6)22-13-19(3,4)17(26)20-5/h14-15H,7-13H2,1-6H3,(H,20,26)(H2,21,22,23). The van der Waals surface area contributed by atoms with Gasteiger partial charge in [0.05, 0.1) is 5.41 Å². The van der Waals surface area contributed by atoms with Crippen molar-refractivity contribution in [1.82, 2.24) is 20.9 Å². The highest BCUT2D eigenvalue weighted by atomic mass is 16.2. The molecule has 3 N–H and O–H groups in total. The summed E-state index contributed by atoms with van der Waals surface area (Å²) in [5.41, 5.74) is -0.516. The lowest BCUT2D eigenvalue weighted by atomic mass is 9.92. The lowest BCUT2D eigenvalue weighted by molar-refractivity contribution is -0.136. The van der Waals surface area contributed by atoms with Gasteiger partial charge in [0.25, 0.3) is 0 Å². The average molecular weight is 368 g/mol. The fraction of sp³-hybridized carbons (Fsp3) is 0.842. The molecular weight excluding hydrogens is 330 g/mol. The summed E-state index contributed by atoms with van der Waals surface area (Å²) in [6.45, 7) is 10.0. The quantitative estimate of drug-likeness (QED) is 0.468. The van der Waals surface area contributed by atoms with Crippen LogP contribution in [0.15, 0.2) is 4.99 Å². The first-order valence-electron chi connectivity index (χ1n) is 9.77. The van der Waals surface area contributed by atoms with Crippen molar-refractivity contribution >= 4 is 17.8 Å². The maximum absolute atomic E-state index is 12.5. The van der Waals surface area contributed by atoms with Crippen molar-refractivity contribution < 1.29 is 9.59 Å². The lowest BCUT2D eigenvalue weighted by Crippen LogP contribution is -2.52. The molecule has 0 radical (unpaired) electrons. The predicted molar refractivity (Wildman–Crippen MR) is 106 cm³/mol. The van der Waals surface area contributed by atoms with Crippen LogP contribution in [0.25, 0.3) is 0 Å². The maximum atomic E-state index is 12.5. The van der Waals surface area contributed by atoms with Crippen molar-refractivity contribution in [3.63, 3.8) is 0 Å².